The van der Waals surface area contributed by atoms with Gasteiger partial charge in [0.1, 0.15) is 11.5 Å². The highest BCUT2D eigenvalue weighted by Crippen LogP contribution is 2.32. The number of fused-ring (bicyclic) bond motifs is 1. The van der Waals surface area contributed by atoms with Crippen LogP contribution in [0.1, 0.15) is 70.9 Å². The third-order valence-electron chi connectivity index (χ3n) is 5.43. The van der Waals surface area contributed by atoms with Gasteiger partial charge in [0, 0.05) is 54.6 Å². The summed E-state index contributed by atoms with van der Waals surface area (Å²) in [6.07, 6.45) is -2.82. The van der Waals surface area contributed by atoms with E-state index in [9.17, 15) is 9.59 Å². The van der Waals surface area contributed by atoms with Crippen molar-refractivity contribution >= 4 is 34.3 Å². The number of aromatic nitrogens is 4. The van der Waals surface area contributed by atoms with Crippen LogP contribution in [0.5, 0.6) is 0 Å². The fourth-order valence-corrected chi connectivity index (χ4v) is 3.84. The maximum Gasteiger partial charge on any atom is 0.263 e. The Morgan fingerprint density at radius 3 is 2.61 bits per heavy atom. The molecule has 2 N–H and O–H groups in total. The third-order valence-corrected chi connectivity index (χ3v) is 5.43. The van der Waals surface area contributed by atoms with Crippen molar-refractivity contribution in [2.24, 2.45) is 0 Å². The number of carbonyl (C=O) groups is 1. The van der Waals surface area contributed by atoms with Gasteiger partial charge in [0.15, 0.2) is 5.78 Å². The van der Waals surface area contributed by atoms with Crippen LogP contribution in [0.15, 0.2) is 29.3 Å². The molecule has 0 atom stereocenters. The van der Waals surface area contributed by atoms with Gasteiger partial charge in [-0.05, 0) is 44.4 Å². The predicted octanol–water partition coefficient (Wildman–Crippen LogP) is 2.97. The Balaban J connectivity index is 1.55. The van der Waals surface area contributed by atoms with E-state index in [0.29, 0.717) is 15.8 Å². The summed E-state index contributed by atoms with van der Waals surface area (Å²) in [6.45, 7) is -9.32. The Kier molecular flexibility index (Phi) is 3.15. The second kappa shape index (κ2) is 8.90. The third kappa shape index (κ3) is 4.08. The molecule has 3 aromatic heterocycles. The summed E-state index contributed by atoms with van der Waals surface area (Å²) in [5.74, 6) is -0.571. The predicted molar refractivity (Wildman–Crippen MR) is 129 cm³/mol. The summed E-state index contributed by atoms with van der Waals surface area (Å²) < 4.78 is 98.8. The fraction of sp³-hybridized carbons (Fsp3) is 0.458. The number of hydrogen-bond acceptors (Lipinski definition) is 8. The monoisotopic (exact) mass is 459 g/mol. The van der Waals surface area contributed by atoms with Gasteiger partial charge in [0.25, 0.3) is 5.56 Å². The quantitative estimate of drug-likeness (QED) is 0.561. The molecule has 9 heteroatoms. The van der Waals surface area contributed by atoms with Crippen LogP contribution in [0.2, 0.25) is 0 Å². The van der Waals surface area contributed by atoms with Crippen molar-refractivity contribution in [2.75, 3.05) is 36.2 Å². The van der Waals surface area contributed by atoms with E-state index in [2.05, 4.69) is 20.3 Å². The highest BCUT2D eigenvalue weighted by atomic mass is 16.1. The van der Waals surface area contributed by atoms with Gasteiger partial charge in [-0.25, -0.2) is 9.97 Å². The largest absolute Gasteiger partial charge is 0.368 e. The zero-order valence-corrected chi connectivity index (χ0v) is 17.9. The molecule has 1 saturated heterocycles. The first-order valence-corrected chi connectivity index (χ1v) is 10.2. The van der Waals surface area contributed by atoms with E-state index >= 15 is 0 Å². The van der Waals surface area contributed by atoms with Gasteiger partial charge in [-0.1, -0.05) is 12.7 Å². The van der Waals surface area contributed by atoms with Crippen LogP contribution in [-0.4, -0.2) is 51.3 Å². The van der Waals surface area contributed by atoms with Gasteiger partial charge < -0.3 is 15.5 Å². The molecule has 0 unspecified atom stereocenters. The molecular weight excluding hydrogens is 418 g/mol. The minimum Gasteiger partial charge on any atom is -0.368 e. The number of pyridine rings is 2. The van der Waals surface area contributed by atoms with Crippen molar-refractivity contribution in [2.45, 2.75) is 45.5 Å². The van der Waals surface area contributed by atoms with Crippen LogP contribution in [0.25, 0.3) is 11.0 Å². The van der Waals surface area contributed by atoms with Crippen LogP contribution < -0.4 is 21.1 Å². The zero-order valence-electron chi connectivity index (χ0n) is 29.9. The number of aryl methyl sites for hydroxylation is 1. The normalized spacial score (nSPS) is 31.5. The number of Topliss-reactive ketones (excluding diaryl/α,β-unsaturated/α-hetero) is 1. The van der Waals surface area contributed by atoms with E-state index in [4.69, 9.17) is 16.4 Å². The molecule has 33 heavy (non-hydrogen) atoms. The molecule has 172 valence electrons. The van der Waals surface area contributed by atoms with Crippen molar-refractivity contribution < 1.29 is 21.2 Å². The number of anilines is 3. The lowest BCUT2D eigenvalue weighted by atomic mass is 10.0. The fourth-order valence-electron chi connectivity index (χ4n) is 3.84. The molecule has 2 fully saturated rings. The molecule has 3 aromatic rings. The maximum atomic E-state index is 13.6. The van der Waals surface area contributed by atoms with Gasteiger partial charge in [0.2, 0.25) is 5.95 Å². The van der Waals surface area contributed by atoms with E-state index in [1.54, 1.807) is 12.2 Å². The summed E-state index contributed by atoms with van der Waals surface area (Å²) in [5, 5.41) is 4.87. The summed E-state index contributed by atoms with van der Waals surface area (Å²) in [6, 6.07) is 1.51. The van der Waals surface area contributed by atoms with E-state index in [1.165, 1.54) is 25.3 Å². The Hall–Kier alpha value is -3.33. The molecule has 1 saturated carbocycles. The van der Waals surface area contributed by atoms with Crippen LogP contribution in [0.4, 0.5) is 17.5 Å². The zero-order chi connectivity index (χ0) is 33.7. The van der Waals surface area contributed by atoms with Crippen LogP contribution in [0.3, 0.4) is 0 Å². The summed E-state index contributed by atoms with van der Waals surface area (Å²) in [7, 11) is 0. The van der Waals surface area contributed by atoms with Gasteiger partial charge in [-0.3, -0.25) is 14.2 Å². The van der Waals surface area contributed by atoms with Crippen molar-refractivity contribution in [3.63, 3.8) is 0 Å². The molecule has 1 aliphatic heterocycles. The first-order valence-electron chi connectivity index (χ1n) is 16.2. The molecule has 0 aromatic carbocycles. The molecule has 9 nitrogen and oxygen atoms in total. The van der Waals surface area contributed by atoms with Crippen molar-refractivity contribution in [1.29, 1.82) is 0 Å². The number of rotatable bonds is 5. The maximum absolute atomic E-state index is 13.6. The second-order valence-corrected chi connectivity index (χ2v) is 7.54. The minimum atomic E-state index is -3.05. The topological polar surface area (TPSA) is 105 Å². The van der Waals surface area contributed by atoms with Crippen molar-refractivity contribution in [3.8, 4) is 0 Å². The summed E-state index contributed by atoms with van der Waals surface area (Å²) >= 11 is 0. The van der Waals surface area contributed by atoms with Crippen LogP contribution in [0, 0.1) is 6.92 Å². The van der Waals surface area contributed by atoms with Crippen molar-refractivity contribution in [1.82, 2.24) is 24.8 Å². The van der Waals surface area contributed by atoms with Crippen molar-refractivity contribution in [3.05, 3.63) is 46.0 Å². The highest BCUT2D eigenvalue weighted by Gasteiger charge is 2.25. The molecule has 2 aliphatic rings. The summed E-state index contributed by atoms with van der Waals surface area (Å²) in [4.78, 5) is 39.2. The Labute approximate surface area is 209 Å². The van der Waals surface area contributed by atoms with E-state index in [-0.39, 0.29) is 41.5 Å². The first-order chi connectivity index (χ1) is 20.4. The number of ketones is 1. The molecule has 5 rings (SSSR count). The highest BCUT2D eigenvalue weighted by molar-refractivity contribution is 5.99. The van der Waals surface area contributed by atoms with Gasteiger partial charge in [-0.2, -0.15) is 4.98 Å². The number of nitrogens with zero attached hydrogens (tertiary/aromatic N) is 5. The molecule has 4 heterocycles. The molecule has 0 radical (unpaired) electrons. The molecule has 0 bridgehead atoms. The van der Waals surface area contributed by atoms with E-state index < -0.39 is 56.1 Å². The Bertz CT molecular complexity index is 1720. The number of piperazine rings is 1. The molecule has 0 amide bonds. The summed E-state index contributed by atoms with van der Waals surface area (Å²) in [5.41, 5.74) is -0.816. The van der Waals surface area contributed by atoms with Crippen LogP contribution in [-0.2, 0) is 0 Å². The second-order valence-electron chi connectivity index (χ2n) is 7.54. The minimum absolute atomic E-state index is 0.0294. The first kappa shape index (κ1) is 11.7. The smallest absolute Gasteiger partial charge is 0.263 e. The molecule has 1 aliphatic carbocycles. The average Bonchev–Trinajstić information content (AvgIpc) is 3.09. The van der Waals surface area contributed by atoms with Gasteiger partial charge >= 0.3 is 0 Å². The lowest BCUT2D eigenvalue weighted by Gasteiger charge is -2.29. The lowest BCUT2D eigenvalue weighted by molar-refractivity contribution is 0.101. The number of nitrogens with one attached hydrogen (secondary N) is 2. The average molecular weight is 460 g/mol. The van der Waals surface area contributed by atoms with Crippen LogP contribution >= 0.6 is 0 Å². The van der Waals surface area contributed by atoms with E-state index in [0.717, 1.165) is 10.8 Å². The molecular formula is C24H29N7O2. The Morgan fingerprint density at radius 2 is 1.94 bits per heavy atom. The Morgan fingerprint density at radius 1 is 1.18 bits per heavy atom. The van der Waals surface area contributed by atoms with E-state index in [1.807, 2.05) is 0 Å². The standard InChI is InChI=1S/C24H29N7O2/c1-15-19-14-27-24(28-20-8-7-18(13-26-20)30-11-9-25-10-12-30)29-22(19)31(17-5-3-4-6-17)23(33)21(15)16(2)32/h7-8,13-14,17,25H,3-6,9-12H2,1-2H3,(H,26,27,28,29)/i3D2,4D2,9D2,10D2,11D2,12D2. The molecule has 0 spiro atoms. The van der Waals surface area contributed by atoms with Gasteiger partial charge in [0.05, 0.1) is 22.9 Å². The lowest BCUT2D eigenvalue weighted by Crippen LogP contribution is -2.43. The van der Waals surface area contributed by atoms with Gasteiger partial charge in [-0.15, -0.1) is 0 Å². The number of hydrogen-bond donors (Lipinski definition) is 2. The SMILES string of the molecule is [2H]C1([2H])CC(n2c(=O)c(C(C)=O)c(C)c3cnc(Nc4ccc(N5C([2H])([2H])C([2H])([2H])NC([2H])([2H])C5([2H])[2H])cn4)nc32)CC1([2H])[2H]. The number of carbonyl (C=O) groups excluding carboxylic acids is 1.